The topological polar surface area (TPSA) is 43.4 Å². The largest absolute Gasteiger partial charge is 0.393 e. The molecule has 134 valence electrons. The molecule has 1 saturated heterocycles. The highest BCUT2D eigenvalue weighted by Gasteiger charge is 2.32. The van der Waals surface area contributed by atoms with Crippen LogP contribution >= 0.6 is 0 Å². The Morgan fingerprint density at radius 2 is 1.48 bits per heavy atom. The first-order chi connectivity index (χ1) is 11.1. The molecule has 0 amide bonds. The zero-order valence-electron chi connectivity index (χ0n) is 15.3. The van der Waals surface area contributed by atoms with E-state index in [0.29, 0.717) is 6.42 Å². The second-order valence-electron chi connectivity index (χ2n) is 7.35. The Balaban J connectivity index is 1.80. The number of hydrogen-bond acceptors (Lipinski definition) is 3. The zero-order chi connectivity index (χ0) is 16.9. The average molecular weight is 325 g/mol. The van der Waals surface area contributed by atoms with E-state index in [1.807, 2.05) is 0 Å². The van der Waals surface area contributed by atoms with E-state index < -0.39 is 0 Å². The van der Waals surface area contributed by atoms with Crippen molar-refractivity contribution in [1.82, 2.24) is 0 Å². The van der Waals surface area contributed by atoms with E-state index in [1.165, 1.54) is 70.6 Å². The molecular formula is C20H36O3. The summed E-state index contributed by atoms with van der Waals surface area (Å²) in [6.07, 6.45) is 16.9. The van der Waals surface area contributed by atoms with Gasteiger partial charge in [-0.25, -0.2) is 0 Å². The van der Waals surface area contributed by atoms with Gasteiger partial charge in [-0.1, -0.05) is 90.9 Å². The molecule has 0 bridgehead atoms. The van der Waals surface area contributed by atoms with Gasteiger partial charge in [0.25, 0.3) is 0 Å². The minimum Gasteiger partial charge on any atom is -0.393 e. The van der Waals surface area contributed by atoms with Crippen LogP contribution in [0.4, 0.5) is 0 Å². The number of cyclic esters (lactones) is 2. The lowest BCUT2D eigenvalue weighted by atomic mass is 9.97. The molecule has 1 rings (SSSR count). The van der Waals surface area contributed by atoms with Crippen molar-refractivity contribution in [3.05, 3.63) is 0 Å². The molecule has 23 heavy (non-hydrogen) atoms. The summed E-state index contributed by atoms with van der Waals surface area (Å²) >= 11 is 0. The normalized spacial score (nSPS) is 19.1. The fourth-order valence-electron chi connectivity index (χ4n) is 3.50. The summed E-state index contributed by atoms with van der Waals surface area (Å²) in [6.45, 7) is 4.65. The Bertz CT molecular complexity index is 338. The van der Waals surface area contributed by atoms with Gasteiger partial charge in [0.2, 0.25) is 0 Å². The third-order valence-corrected chi connectivity index (χ3v) is 4.99. The summed E-state index contributed by atoms with van der Waals surface area (Å²) in [6, 6.07) is 0. The van der Waals surface area contributed by atoms with E-state index in [9.17, 15) is 9.59 Å². The first-order valence-corrected chi connectivity index (χ1v) is 9.88. The molecular weight excluding hydrogens is 288 g/mol. The van der Waals surface area contributed by atoms with Gasteiger partial charge in [0, 0.05) is 0 Å². The molecule has 0 saturated carbocycles. The van der Waals surface area contributed by atoms with Gasteiger partial charge in [0.15, 0.2) is 0 Å². The number of carbonyl (C=O) groups is 2. The van der Waals surface area contributed by atoms with Crippen LogP contribution in [0.2, 0.25) is 0 Å². The quantitative estimate of drug-likeness (QED) is 0.230. The highest BCUT2D eigenvalue weighted by Crippen LogP contribution is 2.22. The summed E-state index contributed by atoms with van der Waals surface area (Å²) in [4.78, 5) is 22.3. The van der Waals surface area contributed by atoms with Crippen molar-refractivity contribution in [2.24, 2.45) is 11.8 Å². The molecule has 3 nitrogen and oxygen atoms in total. The monoisotopic (exact) mass is 324 g/mol. The molecule has 0 N–H and O–H groups in total. The number of rotatable bonds is 14. The predicted octanol–water partition coefficient (Wildman–Crippen LogP) is 5.80. The Morgan fingerprint density at radius 3 is 2.00 bits per heavy atom. The van der Waals surface area contributed by atoms with Crippen LogP contribution in [-0.4, -0.2) is 11.9 Å². The SMILES string of the molecule is CCCC(C)CCCCCCCCCCCC1CC(=O)OC1=O. The van der Waals surface area contributed by atoms with Crippen molar-refractivity contribution in [2.75, 3.05) is 0 Å². The Kier molecular flexibility index (Phi) is 11.0. The van der Waals surface area contributed by atoms with Crippen molar-refractivity contribution < 1.29 is 14.3 Å². The molecule has 0 spiro atoms. The molecule has 1 heterocycles. The van der Waals surface area contributed by atoms with Crippen molar-refractivity contribution in [3.8, 4) is 0 Å². The number of hydrogen-bond donors (Lipinski definition) is 0. The van der Waals surface area contributed by atoms with Gasteiger partial charge < -0.3 is 4.74 Å². The summed E-state index contributed by atoms with van der Waals surface area (Å²) in [5.74, 6) is 0.109. The van der Waals surface area contributed by atoms with Crippen molar-refractivity contribution in [2.45, 2.75) is 104 Å². The Hall–Kier alpha value is -0.860. The lowest BCUT2D eigenvalue weighted by Gasteiger charge is -2.09. The molecule has 1 aliphatic heterocycles. The third kappa shape index (κ3) is 9.78. The molecule has 0 aliphatic carbocycles. The number of esters is 2. The second kappa shape index (κ2) is 12.5. The van der Waals surface area contributed by atoms with Gasteiger partial charge in [0.05, 0.1) is 12.3 Å². The van der Waals surface area contributed by atoms with E-state index in [-0.39, 0.29) is 17.9 Å². The van der Waals surface area contributed by atoms with Crippen LogP contribution in [0.5, 0.6) is 0 Å². The van der Waals surface area contributed by atoms with Crippen LogP contribution in [0.3, 0.4) is 0 Å². The van der Waals surface area contributed by atoms with Gasteiger partial charge in [-0.3, -0.25) is 9.59 Å². The van der Waals surface area contributed by atoms with Crippen LogP contribution in [0.1, 0.15) is 104 Å². The summed E-state index contributed by atoms with van der Waals surface area (Å²) < 4.78 is 4.57. The summed E-state index contributed by atoms with van der Waals surface area (Å²) in [5.41, 5.74) is 0. The molecule has 0 radical (unpaired) electrons. The Labute approximate surface area is 142 Å². The molecule has 0 aromatic rings. The molecule has 2 atom stereocenters. The maximum atomic E-state index is 11.3. The van der Waals surface area contributed by atoms with Gasteiger partial charge >= 0.3 is 11.9 Å². The molecule has 0 aromatic heterocycles. The summed E-state index contributed by atoms with van der Waals surface area (Å²) in [5, 5.41) is 0. The Morgan fingerprint density at radius 1 is 0.913 bits per heavy atom. The lowest BCUT2D eigenvalue weighted by Crippen LogP contribution is -2.06. The fourth-order valence-corrected chi connectivity index (χ4v) is 3.50. The van der Waals surface area contributed by atoms with Crippen molar-refractivity contribution in [3.63, 3.8) is 0 Å². The summed E-state index contributed by atoms with van der Waals surface area (Å²) in [7, 11) is 0. The van der Waals surface area contributed by atoms with E-state index in [4.69, 9.17) is 0 Å². The van der Waals surface area contributed by atoms with E-state index in [2.05, 4.69) is 18.6 Å². The maximum Gasteiger partial charge on any atom is 0.317 e. The zero-order valence-corrected chi connectivity index (χ0v) is 15.3. The first kappa shape index (κ1) is 20.2. The van der Waals surface area contributed by atoms with Crippen LogP contribution < -0.4 is 0 Å². The second-order valence-corrected chi connectivity index (χ2v) is 7.35. The van der Waals surface area contributed by atoms with Gasteiger partial charge in [-0.15, -0.1) is 0 Å². The smallest absolute Gasteiger partial charge is 0.317 e. The third-order valence-electron chi connectivity index (χ3n) is 4.99. The van der Waals surface area contributed by atoms with E-state index in [0.717, 1.165) is 18.8 Å². The van der Waals surface area contributed by atoms with Crippen molar-refractivity contribution >= 4 is 11.9 Å². The van der Waals surface area contributed by atoms with Gasteiger partial charge in [-0.05, 0) is 12.3 Å². The van der Waals surface area contributed by atoms with E-state index in [1.54, 1.807) is 0 Å². The highest BCUT2D eigenvalue weighted by atomic mass is 16.6. The number of ether oxygens (including phenoxy) is 1. The van der Waals surface area contributed by atoms with E-state index >= 15 is 0 Å². The van der Waals surface area contributed by atoms with Crippen LogP contribution in [0.25, 0.3) is 0 Å². The average Bonchev–Trinajstić information content (AvgIpc) is 2.83. The minimum atomic E-state index is -0.343. The molecule has 3 heteroatoms. The molecule has 1 fully saturated rings. The maximum absolute atomic E-state index is 11.3. The first-order valence-electron chi connectivity index (χ1n) is 9.88. The van der Waals surface area contributed by atoms with Crippen molar-refractivity contribution in [1.29, 1.82) is 0 Å². The van der Waals surface area contributed by atoms with Crippen LogP contribution in [0, 0.1) is 11.8 Å². The van der Waals surface area contributed by atoms with Gasteiger partial charge in [0.1, 0.15) is 0 Å². The number of unbranched alkanes of at least 4 members (excludes halogenated alkanes) is 8. The van der Waals surface area contributed by atoms with Crippen LogP contribution in [-0.2, 0) is 14.3 Å². The highest BCUT2D eigenvalue weighted by molar-refractivity contribution is 5.94. The lowest BCUT2D eigenvalue weighted by molar-refractivity contribution is -0.153. The molecule has 2 unspecified atom stereocenters. The molecule has 1 aliphatic rings. The number of carbonyl (C=O) groups excluding carboxylic acids is 2. The predicted molar refractivity (Wildman–Crippen MR) is 94.1 cm³/mol. The van der Waals surface area contributed by atoms with Gasteiger partial charge in [-0.2, -0.15) is 0 Å². The molecule has 0 aromatic carbocycles. The van der Waals surface area contributed by atoms with Crippen LogP contribution in [0.15, 0.2) is 0 Å². The standard InChI is InChI=1S/C20H36O3/c1-3-13-17(2)14-11-9-7-5-4-6-8-10-12-15-18-16-19(21)23-20(18)22/h17-18H,3-16H2,1-2H3. The fraction of sp³-hybridized carbons (Fsp3) is 0.900. The minimum absolute atomic E-state index is 0.155.